The molecule has 0 aromatic rings. The summed E-state index contributed by atoms with van der Waals surface area (Å²) in [5.74, 6) is 0. The Hall–Kier alpha value is -0.280. The van der Waals surface area contributed by atoms with Gasteiger partial charge in [-0.2, -0.15) is 4.31 Å². The largest absolute Gasteiger partial charge is 0.392 e. The lowest BCUT2D eigenvalue weighted by Gasteiger charge is -2.39. The van der Waals surface area contributed by atoms with E-state index in [2.05, 4.69) is 11.8 Å². The molecule has 0 aromatic heterocycles. The molecule has 2 aliphatic rings. The minimum Gasteiger partial charge on any atom is -0.392 e. The van der Waals surface area contributed by atoms with E-state index >= 15 is 0 Å². The van der Waals surface area contributed by atoms with Crippen LogP contribution >= 0.6 is 12.2 Å². The second-order valence-corrected chi connectivity index (χ2v) is 8.30. The van der Waals surface area contributed by atoms with Gasteiger partial charge in [0.1, 0.15) is 0 Å². The number of rotatable bonds is 5. The van der Waals surface area contributed by atoms with E-state index < -0.39 is 10.0 Å². The lowest BCUT2D eigenvalue weighted by Crippen LogP contribution is -2.56. The molecule has 0 aromatic carbocycles. The highest BCUT2D eigenvalue weighted by atomic mass is 32.2. The molecule has 6 nitrogen and oxygen atoms in total. The predicted octanol–water partition coefficient (Wildman–Crippen LogP) is 0.178. The molecule has 2 heterocycles. The third kappa shape index (κ3) is 3.92. The Morgan fingerprint density at radius 2 is 1.86 bits per heavy atom. The van der Waals surface area contributed by atoms with Crippen LogP contribution in [-0.2, 0) is 14.8 Å². The maximum Gasteiger partial charge on any atom is 0.217 e. The molecule has 1 atom stereocenters. The van der Waals surface area contributed by atoms with Gasteiger partial charge < -0.3 is 10.5 Å². The number of ether oxygens (including phenoxy) is 1. The first-order valence-corrected chi connectivity index (χ1v) is 9.48. The van der Waals surface area contributed by atoms with Crippen molar-refractivity contribution in [1.82, 2.24) is 9.21 Å². The Balaban J connectivity index is 1.95. The van der Waals surface area contributed by atoms with E-state index in [1.807, 2.05) is 0 Å². The Morgan fingerprint density at radius 3 is 2.33 bits per heavy atom. The number of thiocarbonyl (C=S) groups is 1. The quantitative estimate of drug-likeness (QED) is 0.722. The van der Waals surface area contributed by atoms with Gasteiger partial charge in [0.25, 0.3) is 0 Å². The van der Waals surface area contributed by atoms with Crippen molar-refractivity contribution in [2.45, 2.75) is 37.5 Å². The smallest absolute Gasteiger partial charge is 0.217 e. The number of hydrogen-bond donors (Lipinski definition) is 1. The molecular formula is C13H25N3O3S2. The van der Waals surface area contributed by atoms with Crippen LogP contribution in [0.4, 0.5) is 0 Å². The average molecular weight is 335 g/mol. The van der Waals surface area contributed by atoms with Crippen molar-refractivity contribution in [3.8, 4) is 0 Å². The molecule has 0 bridgehead atoms. The van der Waals surface area contributed by atoms with E-state index in [0.29, 0.717) is 57.2 Å². The van der Waals surface area contributed by atoms with Gasteiger partial charge in [-0.25, -0.2) is 8.42 Å². The first-order valence-electron chi connectivity index (χ1n) is 7.57. The SMILES string of the molecule is CCC(C(N)=S)N1CCN(S(=O)(=O)C2CCOCC2)CC1. The molecule has 0 spiro atoms. The Kier molecular flexibility index (Phi) is 5.96. The lowest BCUT2D eigenvalue weighted by atomic mass is 10.1. The fourth-order valence-corrected chi connectivity index (χ4v) is 5.29. The first kappa shape index (κ1) is 17.1. The molecular weight excluding hydrogens is 310 g/mol. The minimum atomic E-state index is -3.20. The molecule has 2 saturated heterocycles. The minimum absolute atomic E-state index is 0.0768. The topological polar surface area (TPSA) is 75.9 Å². The monoisotopic (exact) mass is 335 g/mol. The van der Waals surface area contributed by atoms with E-state index in [-0.39, 0.29) is 11.3 Å². The summed E-state index contributed by atoms with van der Waals surface area (Å²) < 4.78 is 32.1. The number of piperazine rings is 1. The van der Waals surface area contributed by atoms with Gasteiger partial charge in [0.15, 0.2) is 0 Å². The molecule has 8 heteroatoms. The molecule has 2 rings (SSSR count). The summed E-state index contributed by atoms with van der Waals surface area (Å²) in [4.78, 5) is 2.69. The van der Waals surface area contributed by atoms with E-state index in [1.165, 1.54) is 0 Å². The van der Waals surface area contributed by atoms with Crippen LogP contribution in [0.3, 0.4) is 0 Å². The van der Waals surface area contributed by atoms with Gasteiger partial charge in [0, 0.05) is 39.4 Å². The second-order valence-electron chi connectivity index (χ2n) is 5.62. The first-order chi connectivity index (χ1) is 9.96. The number of sulfonamides is 1. The van der Waals surface area contributed by atoms with Crippen molar-refractivity contribution < 1.29 is 13.2 Å². The van der Waals surface area contributed by atoms with Crippen molar-refractivity contribution in [3.05, 3.63) is 0 Å². The van der Waals surface area contributed by atoms with Crippen molar-refractivity contribution >= 4 is 27.2 Å². The number of hydrogen-bond acceptors (Lipinski definition) is 5. The zero-order chi connectivity index (χ0) is 15.5. The fourth-order valence-electron chi connectivity index (χ4n) is 3.09. The summed E-state index contributed by atoms with van der Waals surface area (Å²) in [5.41, 5.74) is 5.76. The third-order valence-corrected chi connectivity index (χ3v) is 7.05. The van der Waals surface area contributed by atoms with Gasteiger partial charge in [-0.05, 0) is 19.3 Å². The van der Waals surface area contributed by atoms with Gasteiger partial charge in [-0.1, -0.05) is 19.1 Å². The highest BCUT2D eigenvalue weighted by Crippen LogP contribution is 2.21. The molecule has 122 valence electrons. The summed E-state index contributed by atoms with van der Waals surface area (Å²) in [6.45, 7) is 5.58. The Labute approximate surface area is 132 Å². The summed E-state index contributed by atoms with van der Waals surface area (Å²) in [5, 5.41) is -0.282. The summed E-state index contributed by atoms with van der Waals surface area (Å²) in [7, 11) is -3.20. The summed E-state index contributed by atoms with van der Waals surface area (Å²) >= 11 is 5.09. The highest BCUT2D eigenvalue weighted by molar-refractivity contribution is 7.89. The van der Waals surface area contributed by atoms with E-state index in [1.54, 1.807) is 4.31 Å². The van der Waals surface area contributed by atoms with Crippen molar-refractivity contribution in [2.75, 3.05) is 39.4 Å². The summed E-state index contributed by atoms with van der Waals surface area (Å²) in [6, 6.07) is 0.0768. The van der Waals surface area contributed by atoms with Crippen LogP contribution in [0.5, 0.6) is 0 Å². The lowest BCUT2D eigenvalue weighted by molar-refractivity contribution is 0.0959. The molecule has 0 saturated carbocycles. The Bertz CT molecular complexity index is 455. The zero-order valence-corrected chi connectivity index (χ0v) is 14.2. The van der Waals surface area contributed by atoms with Crippen molar-refractivity contribution in [1.29, 1.82) is 0 Å². The highest BCUT2D eigenvalue weighted by Gasteiger charge is 2.36. The second kappa shape index (κ2) is 7.32. The molecule has 0 amide bonds. The molecule has 0 radical (unpaired) electrons. The number of nitrogens with two attached hydrogens (primary N) is 1. The maximum atomic E-state index is 12.6. The van der Waals surface area contributed by atoms with Crippen molar-refractivity contribution in [3.63, 3.8) is 0 Å². The van der Waals surface area contributed by atoms with Crippen molar-refractivity contribution in [2.24, 2.45) is 5.73 Å². The molecule has 2 fully saturated rings. The predicted molar refractivity (Wildman–Crippen MR) is 86.8 cm³/mol. The summed E-state index contributed by atoms with van der Waals surface area (Å²) in [6.07, 6.45) is 2.07. The third-order valence-electron chi connectivity index (χ3n) is 4.38. The van der Waals surface area contributed by atoms with Crippen LogP contribution in [0.25, 0.3) is 0 Å². The maximum absolute atomic E-state index is 12.6. The molecule has 0 aliphatic carbocycles. The number of nitrogens with zero attached hydrogens (tertiary/aromatic N) is 2. The van der Waals surface area contributed by atoms with Crippen LogP contribution < -0.4 is 5.73 Å². The van der Waals surface area contributed by atoms with Crippen LogP contribution in [0.15, 0.2) is 0 Å². The molecule has 1 unspecified atom stereocenters. The van der Waals surface area contributed by atoms with Gasteiger partial charge in [0.2, 0.25) is 10.0 Å². The van der Waals surface area contributed by atoms with Crippen LogP contribution in [0, 0.1) is 0 Å². The van der Waals surface area contributed by atoms with Gasteiger partial charge >= 0.3 is 0 Å². The normalized spacial score (nSPS) is 24.8. The molecule has 21 heavy (non-hydrogen) atoms. The molecule has 2 aliphatic heterocycles. The van der Waals surface area contributed by atoms with Gasteiger partial charge in [-0.15, -0.1) is 0 Å². The van der Waals surface area contributed by atoms with Crippen LogP contribution in [-0.4, -0.2) is 73.3 Å². The average Bonchev–Trinajstić information content (AvgIpc) is 2.49. The zero-order valence-electron chi connectivity index (χ0n) is 12.5. The Morgan fingerprint density at radius 1 is 1.29 bits per heavy atom. The standard InChI is InChI=1S/C13H25N3O3S2/c1-2-12(13(14)20)15-5-7-16(8-6-15)21(17,18)11-3-9-19-10-4-11/h11-12H,2-10H2,1H3,(H2,14,20). The van der Waals surface area contributed by atoms with Crippen LogP contribution in [0.1, 0.15) is 26.2 Å². The van der Waals surface area contributed by atoms with E-state index in [4.69, 9.17) is 22.7 Å². The van der Waals surface area contributed by atoms with E-state index in [0.717, 1.165) is 6.42 Å². The van der Waals surface area contributed by atoms with Crippen LogP contribution in [0.2, 0.25) is 0 Å². The van der Waals surface area contributed by atoms with Gasteiger partial charge in [-0.3, -0.25) is 4.90 Å². The fraction of sp³-hybridized carbons (Fsp3) is 0.923. The van der Waals surface area contributed by atoms with E-state index in [9.17, 15) is 8.42 Å². The van der Waals surface area contributed by atoms with Gasteiger partial charge in [0.05, 0.1) is 16.3 Å². The molecule has 2 N–H and O–H groups in total.